The van der Waals surface area contributed by atoms with Gasteiger partial charge in [-0.05, 0) is 36.4 Å². The number of nitro benzene ring substituents is 1. The predicted molar refractivity (Wildman–Crippen MR) is 126 cm³/mol. The van der Waals surface area contributed by atoms with Crippen molar-refractivity contribution in [2.24, 2.45) is 5.10 Å². The van der Waals surface area contributed by atoms with Gasteiger partial charge in [0.25, 0.3) is 11.6 Å². The number of hydrogen-bond acceptors (Lipinski definition) is 7. The topological polar surface area (TPSA) is 110 Å². The maximum Gasteiger partial charge on any atom is 0.270 e. The highest BCUT2D eigenvalue weighted by Crippen LogP contribution is 2.36. The number of nitro groups is 1. The number of carbonyl (C=O) groups excluding carboxylic acids is 1. The average molecular weight is 461 g/mol. The lowest BCUT2D eigenvalue weighted by Crippen LogP contribution is -2.11. The molecule has 0 unspecified atom stereocenters. The molecule has 0 spiro atoms. The van der Waals surface area contributed by atoms with E-state index in [0.29, 0.717) is 32.5 Å². The van der Waals surface area contributed by atoms with Crippen molar-refractivity contribution >= 4 is 39.3 Å². The maximum absolute atomic E-state index is 13.4. The molecule has 4 aromatic rings. The SMILES string of the molecule is O=C(Nc1sc(NN=Cc2cccc([N+](=O)[O-])c2)nc1-c1ccc(F)cc1)c1ccccc1. The fourth-order valence-electron chi connectivity index (χ4n) is 2.90. The number of hydrogen-bond donors (Lipinski definition) is 2. The molecular weight excluding hydrogens is 445 g/mol. The molecule has 0 saturated carbocycles. The number of aromatic nitrogens is 1. The molecule has 0 saturated heterocycles. The Morgan fingerprint density at radius 1 is 1.06 bits per heavy atom. The number of nitrogens with zero attached hydrogens (tertiary/aromatic N) is 3. The van der Waals surface area contributed by atoms with Crippen molar-refractivity contribution < 1.29 is 14.1 Å². The Bertz CT molecular complexity index is 1320. The van der Waals surface area contributed by atoms with Crippen molar-refractivity contribution in [2.45, 2.75) is 0 Å². The Labute approximate surface area is 191 Å². The predicted octanol–water partition coefficient (Wildman–Crippen LogP) is 5.56. The fraction of sp³-hybridized carbons (Fsp3) is 0. The van der Waals surface area contributed by atoms with E-state index in [-0.39, 0.29) is 17.4 Å². The second kappa shape index (κ2) is 9.79. The highest BCUT2D eigenvalue weighted by atomic mass is 32.1. The van der Waals surface area contributed by atoms with E-state index < -0.39 is 4.92 Å². The first-order chi connectivity index (χ1) is 16.0. The maximum atomic E-state index is 13.4. The molecule has 0 radical (unpaired) electrons. The van der Waals surface area contributed by atoms with Crippen LogP contribution in [0.2, 0.25) is 0 Å². The number of nitrogens with one attached hydrogen (secondary N) is 2. The normalized spacial score (nSPS) is 10.8. The summed E-state index contributed by atoms with van der Waals surface area (Å²) in [7, 11) is 0. The van der Waals surface area contributed by atoms with E-state index in [1.807, 2.05) is 6.07 Å². The second-order valence-electron chi connectivity index (χ2n) is 6.75. The van der Waals surface area contributed by atoms with Crippen LogP contribution < -0.4 is 10.7 Å². The molecule has 0 aliphatic heterocycles. The first-order valence-corrected chi connectivity index (χ1v) is 10.5. The summed E-state index contributed by atoms with van der Waals surface area (Å²) in [5.74, 6) is -0.696. The second-order valence-corrected chi connectivity index (χ2v) is 7.74. The molecule has 0 fully saturated rings. The lowest BCUT2D eigenvalue weighted by molar-refractivity contribution is -0.384. The van der Waals surface area contributed by atoms with Crippen molar-refractivity contribution in [1.82, 2.24) is 4.98 Å². The van der Waals surface area contributed by atoms with Crippen LogP contribution >= 0.6 is 11.3 Å². The Balaban J connectivity index is 1.59. The Morgan fingerprint density at radius 2 is 1.82 bits per heavy atom. The largest absolute Gasteiger partial charge is 0.312 e. The molecule has 10 heteroatoms. The third-order valence-corrected chi connectivity index (χ3v) is 5.34. The molecule has 4 rings (SSSR count). The van der Waals surface area contributed by atoms with E-state index >= 15 is 0 Å². The zero-order chi connectivity index (χ0) is 23.2. The Morgan fingerprint density at radius 3 is 2.55 bits per heavy atom. The number of benzene rings is 3. The Kier molecular flexibility index (Phi) is 6.46. The van der Waals surface area contributed by atoms with E-state index in [4.69, 9.17) is 0 Å². The van der Waals surface area contributed by atoms with Crippen LogP contribution in [-0.4, -0.2) is 22.0 Å². The monoisotopic (exact) mass is 461 g/mol. The molecule has 1 amide bonds. The van der Waals surface area contributed by atoms with Gasteiger partial charge in [-0.15, -0.1) is 0 Å². The van der Waals surface area contributed by atoms with Crippen LogP contribution in [0, 0.1) is 15.9 Å². The van der Waals surface area contributed by atoms with Gasteiger partial charge in [-0.25, -0.2) is 9.37 Å². The van der Waals surface area contributed by atoms with Gasteiger partial charge < -0.3 is 5.32 Å². The van der Waals surface area contributed by atoms with E-state index in [2.05, 4.69) is 20.8 Å². The zero-order valence-corrected chi connectivity index (χ0v) is 17.8. The molecule has 3 aromatic carbocycles. The molecule has 2 N–H and O–H groups in total. The fourth-order valence-corrected chi connectivity index (χ4v) is 3.73. The number of non-ortho nitro benzene ring substituents is 1. The van der Waals surface area contributed by atoms with Crippen LogP contribution in [0.25, 0.3) is 11.3 Å². The zero-order valence-electron chi connectivity index (χ0n) is 16.9. The summed E-state index contributed by atoms with van der Waals surface area (Å²) in [6.07, 6.45) is 1.42. The number of rotatable bonds is 7. The lowest BCUT2D eigenvalue weighted by atomic mass is 10.1. The van der Waals surface area contributed by atoms with E-state index in [1.165, 1.54) is 30.5 Å². The van der Waals surface area contributed by atoms with Gasteiger partial charge in [0, 0.05) is 28.8 Å². The van der Waals surface area contributed by atoms with Crippen LogP contribution in [0.3, 0.4) is 0 Å². The number of hydrazone groups is 1. The molecule has 0 aliphatic rings. The first kappa shape index (κ1) is 21.8. The first-order valence-electron chi connectivity index (χ1n) is 9.66. The van der Waals surface area contributed by atoms with Crippen molar-refractivity contribution in [3.05, 3.63) is 106 Å². The molecular formula is C23H16FN5O3S. The summed E-state index contributed by atoms with van der Waals surface area (Å²) in [6, 6.07) is 20.5. The Hall–Kier alpha value is -4.44. The van der Waals surface area contributed by atoms with Crippen LogP contribution in [0.5, 0.6) is 0 Å². The number of thiazole rings is 1. The van der Waals surface area contributed by atoms with Gasteiger partial charge in [0.05, 0.1) is 11.1 Å². The van der Waals surface area contributed by atoms with Crippen LogP contribution in [0.1, 0.15) is 15.9 Å². The molecule has 0 bridgehead atoms. The van der Waals surface area contributed by atoms with E-state index in [1.54, 1.807) is 48.5 Å². The third-order valence-electron chi connectivity index (χ3n) is 4.46. The minimum Gasteiger partial charge on any atom is -0.312 e. The van der Waals surface area contributed by atoms with Crippen molar-refractivity contribution in [3.8, 4) is 11.3 Å². The van der Waals surface area contributed by atoms with Gasteiger partial charge in [-0.1, -0.05) is 41.7 Å². The standard InChI is InChI=1S/C23H16FN5O3S/c24-18-11-9-16(10-12-18)20-22(27-21(30)17-6-2-1-3-7-17)33-23(26-20)28-25-14-15-5-4-8-19(13-15)29(31)32/h1-14H,(H,26,28)(H,27,30). The molecule has 33 heavy (non-hydrogen) atoms. The third kappa shape index (κ3) is 5.43. The van der Waals surface area contributed by atoms with Gasteiger partial charge >= 0.3 is 0 Å². The quantitative estimate of drug-likeness (QED) is 0.213. The molecule has 1 heterocycles. The summed E-state index contributed by atoms with van der Waals surface area (Å²) in [4.78, 5) is 27.6. The minimum atomic E-state index is -0.484. The highest BCUT2D eigenvalue weighted by Gasteiger charge is 2.16. The molecule has 0 atom stereocenters. The summed E-state index contributed by atoms with van der Waals surface area (Å²) >= 11 is 1.15. The summed E-state index contributed by atoms with van der Waals surface area (Å²) < 4.78 is 13.4. The average Bonchev–Trinajstić information content (AvgIpc) is 3.22. The van der Waals surface area contributed by atoms with Crippen LogP contribution in [0.4, 0.5) is 20.2 Å². The van der Waals surface area contributed by atoms with Gasteiger partial charge in [0.1, 0.15) is 16.5 Å². The van der Waals surface area contributed by atoms with Crippen LogP contribution in [-0.2, 0) is 0 Å². The molecule has 8 nitrogen and oxygen atoms in total. The number of carbonyl (C=O) groups is 1. The van der Waals surface area contributed by atoms with Crippen molar-refractivity contribution in [2.75, 3.05) is 10.7 Å². The van der Waals surface area contributed by atoms with E-state index in [9.17, 15) is 19.3 Å². The van der Waals surface area contributed by atoms with Crippen LogP contribution in [0.15, 0.2) is 84.0 Å². The number of amides is 1. The smallest absolute Gasteiger partial charge is 0.270 e. The summed E-state index contributed by atoms with van der Waals surface area (Å²) in [5.41, 5.74) is 4.82. The highest BCUT2D eigenvalue weighted by molar-refractivity contribution is 7.20. The number of anilines is 2. The molecule has 1 aromatic heterocycles. The van der Waals surface area contributed by atoms with Crippen molar-refractivity contribution in [1.29, 1.82) is 0 Å². The number of halogens is 1. The van der Waals surface area contributed by atoms with Gasteiger partial charge in [0.15, 0.2) is 0 Å². The van der Waals surface area contributed by atoms with Gasteiger partial charge in [0.2, 0.25) is 5.13 Å². The molecule has 0 aliphatic carbocycles. The lowest BCUT2D eigenvalue weighted by Gasteiger charge is -2.05. The molecule has 164 valence electrons. The van der Waals surface area contributed by atoms with Gasteiger partial charge in [-0.2, -0.15) is 5.10 Å². The van der Waals surface area contributed by atoms with Gasteiger partial charge in [-0.3, -0.25) is 20.3 Å². The van der Waals surface area contributed by atoms with E-state index in [0.717, 1.165) is 11.3 Å². The summed E-state index contributed by atoms with van der Waals surface area (Å²) in [5, 5.41) is 18.7. The van der Waals surface area contributed by atoms with Crippen molar-refractivity contribution in [3.63, 3.8) is 0 Å². The summed E-state index contributed by atoms with van der Waals surface area (Å²) in [6.45, 7) is 0. The minimum absolute atomic E-state index is 0.0438.